The molecule has 3 heteroatoms. The Balaban J connectivity index is 2.71. The van der Waals surface area contributed by atoms with Gasteiger partial charge in [-0.3, -0.25) is 0 Å². The first-order valence-electron chi connectivity index (χ1n) is 4.42. The van der Waals surface area contributed by atoms with Gasteiger partial charge < -0.3 is 5.32 Å². The van der Waals surface area contributed by atoms with Crippen LogP contribution in [0.1, 0.15) is 13.8 Å². The largest absolute Gasteiger partial charge is 0.378 e. The maximum atomic E-state index is 13.2. The fourth-order valence-corrected chi connectivity index (χ4v) is 1.25. The zero-order valence-corrected chi connectivity index (χ0v) is 9.03. The zero-order valence-electron chi connectivity index (χ0n) is 8.27. The second-order valence-corrected chi connectivity index (χ2v) is 3.67. The summed E-state index contributed by atoms with van der Waals surface area (Å²) in [5.41, 5.74) is 1.55. The lowest BCUT2D eigenvalue weighted by atomic mass is 10.3. The molecule has 0 aliphatic carbocycles. The molecule has 0 aromatic heterocycles. The normalized spacial score (nSPS) is 9.71. The summed E-state index contributed by atoms with van der Waals surface area (Å²) in [4.78, 5) is 0. The minimum absolute atomic E-state index is 0.320. The van der Waals surface area contributed by atoms with E-state index >= 15 is 0 Å². The monoisotopic (exact) mass is 213 g/mol. The van der Waals surface area contributed by atoms with Crippen molar-refractivity contribution in [2.24, 2.45) is 0 Å². The first-order valence-corrected chi connectivity index (χ1v) is 4.80. The second-order valence-electron chi connectivity index (χ2n) is 3.26. The standard InChI is InChI=1S/C11H13ClFN/c1-8(2)6-7-14-11-9(12)4-3-5-10(11)13/h3-6,14H,7H2,1-2H3. The van der Waals surface area contributed by atoms with Gasteiger partial charge in [0.1, 0.15) is 5.82 Å². The van der Waals surface area contributed by atoms with Gasteiger partial charge in [-0.15, -0.1) is 0 Å². The van der Waals surface area contributed by atoms with E-state index in [0.29, 0.717) is 17.3 Å². The molecule has 1 nitrogen and oxygen atoms in total. The van der Waals surface area contributed by atoms with E-state index in [-0.39, 0.29) is 5.82 Å². The molecule has 0 atom stereocenters. The van der Waals surface area contributed by atoms with Crippen molar-refractivity contribution in [1.29, 1.82) is 0 Å². The van der Waals surface area contributed by atoms with E-state index in [1.54, 1.807) is 12.1 Å². The first kappa shape index (κ1) is 11.1. The maximum Gasteiger partial charge on any atom is 0.147 e. The van der Waals surface area contributed by atoms with Crippen LogP contribution in [0.4, 0.5) is 10.1 Å². The molecule has 0 radical (unpaired) electrons. The van der Waals surface area contributed by atoms with Gasteiger partial charge in [-0.05, 0) is 26.0 Å². The molecule has 1 N–H and O–H groups in total. The molecule has 0 aliphatic heterocycles. The predicted molar refractivity (Wildman–Crippen MR) is 59.3 cm³/mol. The fourth-order valence-electron chi connectivity index (χ4n) is 1.02. The zero-order chi connectivity index (χ0) is 10.6. The highest BCUT2D eigenvalue weighted by molar-refractivity contribution is 6.33. The third-order valence-electron chi connectivity index (χ3n) is 1.75. The van der Waals surface area contributed by atoms with Crippen molar-refractivity contribution in [3.8, 4) is 0 Å². The van der Waals surface area contributed by atoms with Crippen molar-refractivity contribution in [2.45, 2.75) is 13.8 Å². The van der Waals surface area contributed by atoms with Crippen LogP contribution in [-0.4, -0.2) is 6.54 Å². The molecule has 0 spiro atoms. The highest BCUT2D eigenvalue weighted by Gasteiger charge is 2.04. The van der Waals surface area contributed by atoms with Gasteiger partial charge in [-0.25, -0.2) is 4.39 Å². The summed E-state index contributed by atoms with van der Waals surface area (Å²) < 4.78 is 13.2. The molecule has 1 aromatic carbocycles. The topological polar surface area (TPSA) is 12.0 Å². The molecule has 0 heterocycles. The van der Waals surface area contributed by atoms with E-state index in [1.165, 1.54) is 11.6 Å². The summed E-state index contributed by atoms with van der Waals surface area (Å²) in [6.45, 7) is 4.57. The number of benzene rings is 1. The summed E-state index contributed by atoms with van der Waals surface area (Å²) in [6.07, 6.45) is 1.97. The van der Waals surface area contributed by atoms with Crippen molar-refractivity contribution in [1.82, 2.24) is 0 Å². The summed E-state index contributed by atoms with van der Waals surface area (Å²) in [7, 11) is 0. The van der Waals surface area contributed by atoms with Crippen LogP contribution in [0.3, 0.4) is 0 Å². The predicted octanol–water partition coefficient (Wildman–Crippen LogP) is 3.86. The maximum absolute atomic E-state index is 13.2. The number of anilines is 1. The quantitative estimate of drug-likeness (QED) is 0.752. The third-order valence-corrected chi connectivity index (χ3v) is 2.07. The first-order chi connectivity index (χ1) is 6.61. The number of para-hydroxylation sites is 1. The van der Waals surface area contributed by atoms with Crippen LogP contribution in [0.25, 0.3) is 0 Å². The summed E-state index contributed by atoms with van der Waals surface area (Å²) in [5, 5.41) is 3.34. The molecule has 0 saturated heterocycles. The van der Waals surface area contributed by atoms with Gasteiger partial charge in [0.05, 0.1) is 10.7 Å². The molecular weight excluding hydrogens is 201 g/mol. The molecule has 0 saturated carbocycles. The number of allylic oxidation sites excluding steroid dienone is 1. The lowest BCUT2D eigenvalue weighted by Crippen LogP contribution is -2.01. The summed E-state index contributed by atoms with van der Waals surface area (Å²) >= 11 is 5.82. The van der Waals surface area contributed by atoms with Gasteiger partial charge in [0.25, 0.3) is 0 Å². The van der Waals surface area contributed by atoms with E-state index in [1.807, 2.05) is 19.9 Å². The van der Waals surface area contributed by atoms with Crippen LogP contribution in [0.5, 0.6) is 0 Å². The smallest absolute Gasteiger partial charge is 0.147 e. The second kappa shape index (κ2) is 5.01. The Morgan fingerprint density at radius 2 is 2.21 bits per heavy atom. The van der Waals surface area contributed by atoms with Gasteiger partial charge in [-0.2, -0.15) is 0 Å². The number of hydrogen-bond acceptors (Lipinski definition) is 1. The highest BCUT2D eigenvalue weighted by atomic mass is 35.5. The van der Waals surface area contributed by atoms with Crippen LogP contribution in [-0.2, 0) is 0 Å². The van der Waals surface area contributed by atoms with Crippen LogP contribution < -0.4 is 5.32 Å². The molecule has 76 valence electrons. The summed E-state index contributed by atoms with van der Waals surface area (Å²) in [5.74, 6) is -0.320. The molecule has 1 aromatic rings. The Labute approximate surface area is 88.6 Å². The van der Waals surface area contributed by atoms with E-state index in [4.69, 9.17) is 11.6 Å². The minimum Gasteiger partial charge on any atom is -0.378 e. The van der Waals surface area contributed by atoms with Crippen molar-refractivity contribution < 1.29 is 4.39 Å². The molecule has 1 rings (SSSR count). The molecule has 0 amide bonds. The lowest BCUT2D eigenvalue weighted by Gasteiger charge is -2.06. The average molecular weight is 214 g/mol. The molecular formula is C11H13ClFN. The number of rotatable bonds is 3. The van der Waals surface area contributed by atoms with E-state index in [9.17, 15) is 4.39 Å². The van der Waals surface area contributed by atoms with E-state index < -0.39 is 0 Å². The van der Waals surface area contributed by atoms with Crippen molar-refractivity contribution >= 4 is 17.3 Å². The molecule has 0 unspecified atom stereocenters. The lowest BCUT2D eigenvalue weighted by molar-refractivity contribution is 0.631. The SMILES string of the molecule is CC(C)=CCNc1c(F)cccc1Cl. The van der Waals surface area contributed by atoms with E-state index in [2.05, 4.69) is 5.32 Å². The minimum atomic E-state index is -0.320. The van der Waals surface area contributed by atoms with Crippen molar-refractivity contribution in [3.63, 3.8) is 0 Å². The fraction of sp³-hybridized carbons (Fsp3) is 0.273. The Morgan fingerprint density at radius 1 is 1.50 bits per heavy atom. The Bertz CT molecular complexity index is 323. The highest BCUT2D eigenvalue weighted by Crippen LogP contribution is 2.24. The molecule has 0 fully saturated rings. The van der Waals surface area contributed by atoms with Crippen LogP contribution in [0.15, 0.2) is 29.8 Å². The Kier molecular flexibility index (Phi) is 3.96. The molecule has 14 heavy (non-hydrogen) atoms. The van der Waals surface area contributed by atoms with Crippen LogP contribution in [0, 0.1) is 5.82 Å². The van der Waals surface area contributed by atoms with Gasteiger partial charge in [0.15, 0.2) is 0 Å². The van der Waals surface area contributed by atoms with Crippen LogP contribution in [0.2, 0.25) is 5.02 Å². The third kappa shape index (κ3) is 3.04. The number of hydrogen-bond donors (Lipinski definition) is 1. The Morgan fingerprint density at radius 3 is 2.79 bits per heavy atom. The van der Waals surface area contributed by atoms with E-state index in [0.717, 1.165) is 0 Å². The average Bonchev–Trinajstić information content (AvgIpc) is 2.09. The van der Waals surface area contributed by atoms with Crippen LogP contribution >= 0.6 is 11.6 Å². The van der Waals surface area contributed by atoms with Crippen molar-refractivity contribution in [3.05, 3.63) is 40.7 Å². The van der Waals surface area contributed by atoms with Gasteiger partial charge in [0.2, 0.25) is 0 Å². The van der Waals surface area contributed by atoms with Gasteiger partial charge >= 0.3 is 0 Å². The van der Waals surface area contributed by atoms with Gasteiger partial charge in [-0.1, -0.05) is 29.3 Å². The van der Waals surface area contributed by atoms with Crippen molar-refractivity contribution in [2.75, 3.05) is 11.9 Å². The number of nitrogens with one attached hydrogen (secondary N) is 1. The Hall–Kier alpha value is -1.02. The number of halogens is 2. The molecule has 0 aliphatic rings. The van der Waals surface area contributed by atoms with Gasteiger partial charge in [0, 0.05) is 6.54 Å². The summed E-state index contributed by atoms with van der Waals surface area (Å²) in [6, 6.07) is 4.63. The molecule has 0 bridgehead atoms.